The van der Waals surface area contributed by atoms with Crippen LogP contribution in [-0.4, -0.2) is 27.1 Å². The highest BCUT2D eigenvalue weighted by molar-refractivity contribution is 8.04. The second kappa shape index (κ2) is 14.0. The van der Waals surface area contributed by atoms with E-state index in [1.54, 1.807) is 37.9 Å². The molecule has 284 valence electrons. The minimum Gasteiger partial charge on any atom is -0.357 e. The molecule has 10 aliphatic rings. The molecule has 0 bridgehead atoms. The summed E-state index contributed by atoms with van der Waals surface area (Å²) in [5, 5.41) is 1.99. The van der Waals surface area contributed by atoms with Crippen molar-refractivity contribution >= 4 is 33.2 Å². The van der Waals surface area contributed by atoms with Crippen LogP contribution in [0.15, 0.2) is 154 Å². The standard InChI is InChI=1S/C52H54N2S2/c1-3-13-35(14-4-1)53(45-21-11-19-39-37-17-7-9-23-47(37)55-51(39)45)43-31-27-33-26-30-42-44(32-28-34-25-29-41(43)49(33)50(34)42)54(36-15-5-2-6-16-36)46-22-12-20-40-38-18-8-10-24-48(38)56-52(40)46/h1-5,7,9-10,12-13,15,17,20,22-24,28,31-35,40,42,44-45,50,52H,6,8,11,14,16,18-19,21,25-27,29-30H2. The van der Waals surface area contributed by atoms with Gasteiger partial charge in [0.1, 0.15) is 0 Å². The van der Waals surface area contributed by atoms with Gasteiger partial charge in [-0.25, -0.2) is 0 Å². The predicted octanol–water partition coefficient (Wildman–Crippen LogP) is 13.4. The third-order valence-electron chi connectivity index (χ3n) is 15.3. The summed E-state index contributed by atoms with van der Waals surface area (Å²) in [5.41, 5.74) is 11.7. The molecule has 9 atom stereocenters. The van der Waals surface area contributed by atoms with Crippen LogP contribution < -0.4 is 0 Å². The number of thioether (sulfide) groups is 1. The van der Waals surface area contributed by atoms with E-state index in [4.69, 9.17) is 0 Å². The van der Waals surface area contributed by atoms with Crippen molar-refractivity contribution in [3.05, 3.63) is 165 Å². The van der Waals surface area contributed by atoms with Gasteiger partial charge in [-0.15, -0.1) is 23.1 Å². The lowest BCUT2D eigenvalue weighted by Gasteiger charge is -2.56. The normalized spacial score (nSPS) is 34.8. The topological polar surface area (TPSA) is 6.48 Å². The van der Waals surface area contributed by atoms with Crippen LogP contribution in [0, 0.1) is 29.6 Å². The summed E-state index contributed by atoms with van der Waals surface area (Å²) in [7, 11) is 0. The van der Waals surface area contributed by atoms with Crippen LogP contribution in [0.1, 0.15) is 93.5 Å². The molecule has 0 N–H and O–H groups in total. The Hall–Kier alpha value is -3.73. The zero-order valence-corrected chi connectivity index (χ0v) is 34.2. The number of thiophene rings is 1. The fraction of sp³-hybridized carbons (Fsp3) is 0.423. The summed E-state index contributed by atoms with van der Waals surface area (Å²) in [4.78, 5) is 9.11. The maximum Gasteiger partial charge on any atom is 0.0644 e. The van der Waals surface area contributed by atoms with Gasteiger partial charge in [-0.1, -0.05) is 103 Å². The average molecular weight is 771 g/mol. The first kappa shape index (κ1) is 34.3. The van der Waals surface area contributed by atoms with Gasteiger partial charge in [0.15, 0.2) is 0 Å². The molecule has 12 rings (SSSR count). The van der Waals surface area contributed by atoms with E-state index in [9.17, 15) is 0 Å². The first-order valence-electron chi connectivity index (χ1n) is 22.1. The maximum atomic E-state index is 2.98. The Kier molecular flexibility index (Phi) is 8.57. The number of allylic oxidation sites excluding steroid dienone is 16. The molecule has 2 aromatic rings. The molecule has 9 unspecified atom stereocenters. The number of aryl methyl sites for hydroxylation is 1. The zero-order chi connectivity index (χ0) is 36.7. The van der Waals surface area contributed by atoms with E-state index in [0.29, 0.717) is 53.0 Å². The molecule has 1 aromatic carbocycles. The molecule has 56 heavy (non-hydrogen) atoms. The molecule has 2 heterocycles. The van der Waals surface area contributed by atoms with E-state index in [0.717, 1.165) is 19.3 Å². The van der Waals surface area contributed by atoms with Crippen molar-refractivity contribution in [2.24, 2.45) is 29.6 Å². The number of rotatable bonds is 6. The molecule has 2 nitrogen and oxygen atoms in total. The third kappa shape index (κ3) is 5.40. The fourth-order valence-corrected chi connectivity index (χ4v) is 16.0. The van der Waals surface area contributed by atoms with Gasteiger partial charge in [0, 0.05) is 37.5 Å². The van der Waals surface area contributed by atoms with Gasteiger partial charge in [0.05, 0.1) is 23.4 Å². The van der Waals surface area contributed by atoms with Gasteiger partial charge in [-0.3, -0.25) is 0 Å². The van der Waals surface area contributed by atoms with Crippen LogP contribution in [0.5, 0.6) is 0 Å². The zero-order valence-electron chi connectivity index (χ0n) is 32.6. The van der Waals surface area contributed by atoms with Crippen molar-refractivity contribution in [2.75, 3.05) is 0 Å². The van der Waals surface area contributed by atoms with Gasteiger partial charge in [-0.2, -0.15) is 0 Å². The number of hydrogen-bond acceptors (Lipinski definition) is 4. The summed E-state index contributed by atoms with van der Waals surface area (Å²) in [6.07, 6.45) is 53.2. The van der Waals surface area contributed by atoms with E-state index in [-0.39, 0.29) is 0 Å². The van der Waals surface area contributed by atoms with Gasteiger partial charge < -0.3 is 9.80 Å². The quantitative estimate of drug-likeness (QED) is 0.270. The largest absolute Gasteiger partial charge is 0.357 e. The molecule has 0 saturated heterocycles. The Bertz CT molecular complexity index is 2310. The smallest absolute Gasteiger partial charge is 0.0644 e. The van der Waals surface area contributed by atoms with E-state index in [2.05, 4.69) is 148 Å². The molecular formula is C52H54N2S2. The molecule has 1 aromatic heterocycles. The van der Waals surface area contributed by atoms with Gasteiger partial charge in [-0.05, 0) is 147 Å². The predicted molar refractivity (Wildman–Crippen MR) is 237 cm³/mol. The van der Waals surface area contributed by atoms with E-state index in [1.165, 1.54) is 80.0 Å². The maximum absolute atomic E-state index is 2.98. The van der Waals surface area contributed by atoms with Crippen LogP contribution in [-0.2, 0) is 6.42 Å². The van der Waals surface area contributed by atoms with Crippen molar-refractivity contribution in [1.82, 2.24) is 9.80 Å². The Morgan fingerprint density at radius 3 is 2.66 bits per heavy atom. The van der Waals surface area contributed by atoms with Crippen LogP contribution in [0.4, 0.5) is 0 Å². The monoisotopic (exact) mass is 770 g/mol. The summed E-state index contributed by atoms with van der Waals surface area (Å²) in [6, 6.07) is 10.5. The number of fused-ring (bicyclic) bond motifs is 5. The van der Waals surface area contributed by atoms with Gasteiger partial charge in [0.2, 0.25) is 0 Å². The first-order chi connectivity index (χ1) is 27.8. The minimum absolute atomic E-state index is 0.408. The van der Waals surface area contributed by atoms with Crippen molar-refractivity contribution in [1.29, 1.82) is 0 Å². The van der Waals surface area contributed by atoms with Crippen molar-refractivity contribution in [2.45, 2.75) is 107 Å². The third-order valence-corrected chi connectivity index (χ3v) is 18.1. The van der Waals surface area contributed by atoms with E-state index in [1.807, 2.05) is 5.57 Å². The SMILES string of the molecule is C1=CCCC(N(C2=CC=CC3C4=C(C=CCC4)SC23)C2C=CC3CCC4=C5C(CC=C4N(C4C=CC=CC4)C4CCCc6c4sc4ccccc64)CCC2C53)=C1. The summed E-state index contributed by atoms with van der Waals surface area (Å²) in [6.45, 7) is 0. The van der Waals surface area contributed by atoms with Crippen molar-refractivity contribution < 1.29 is 0 Å². The average Bonchev–Trinajstić information content (AvgIpc) is 3.84. The Balaban J connectivity index is 0.940. The lowest BCUT2D eigenvalue weighted by molar-refractivity contribution is 0.107. The van der Waals surface area contributed by atoms with E-state index >= 15 is 0 Å². The highest BCUT2D eigenvalue weighted by Crippen LogP contribution is 2.60. The second-order valence-electron chi connectivity index (χ2n) is 18.0. The molecule has 1 saturated carbocycles. The number of benzene rings is 1. The summed E-state index contributed by atoms with van der Waals surface area (Å²) in [5.74, 6) is 3.20. The summed E-state index contributed by atoms with van der Waals surface area (Å²) < 4.78 is 1.48. The van der Waals surface area contributed by atoms with Crippen molar-refractivity contribution in [3.8, 4) is 0 Å². The Morgan fingerprint density at radius 2 is 1.73 bits per heavy atom. The molecule has 0 spiro atoms. The molecule has 0 amide bonds. The lowest BCUT2D eigenvalue weighted by Crippen LogP contribution is -2.51. The fourth-order valence-electron chi connectivity index (χ4n) is 13.0. The highest BCUT2D eigenvalue weighted by atomic mass is 32.2. The molecule has 4 heteroatoms. The first-order valence-corrected chi connectivity index (χ1v) is 23.8. The molecular weight excluding hydrogens is 717 g/mol. The molecule has 1 aliphatic heterocycles. The molecule has 0 radical (unpaired) electrons. The summed E-state index contributed by atoms with van der Waals surface area (Å²) >= 11 is 4.26. The van der Waals surface area contributed by atoms with Crippen LogP contribution in [0.25, 0.3) is 10.1 Å². The van der Waals surface area contributed by atoms with Crippen LogP contribution >= 0.6 is 23.1 Å². The van der Waals surface area contributed by atoms with Gasteiger partial charge in [0.25, 0.3) is 0 Å². The molecule has 9 aliphatic carbocycles. The highest BCUT2D eigenvalue weighted by Gasteiger charge is 2.51. The second-order valence-corrected chi connectivity index (χ2v) is 20.3. The molecule has 1 fully saturated rings. The number of hydrogen-bond donors (Lipinski definition) is 0. The van der Waals surface area contributed by atoms with Crippen LogP contribution in [0.2, 0.25) is 0 Å². The van der Waals surface area contributed by atoms with E-state index < -0.39 is 0 Å². The van der Waals surface area contributed by atoms with Gasteiger partial charge >= 0.3 is 0 Å². The minimum atomic E-state index is 0.408. The Morgan fingerprint density at radius 1 is 0.768 bits per heavy atom. The van der Waals surface area contributed by atoms with Crippen LogP contribution in [0.3, 0.4) is 0 Å². The van der Waals surface area contributed by atoms with Crippen molar-refractivity contribution in [3.63, 3.8) is 0 Å². The lowest BCUT2D eigenvalue weighted by atomic mass is 9.54. The number of nitrogens with zero attached hydrogens (tertiary/aromatic N) is 2. The Labute approximate surface area is 342 Å².